The molecular weight excluding hydrogens is 374 g/mol. The fourth-order valence-corrected chi connectivity index (χ4v) is 5.64. The van der Waals surface area contributed by atoms with Crippen LogP contribution < -0.4 is 0 Å². The van der Waals surface area contributed by atoms with Crippen molar-refractivity contribution in [2.24, 2.45) is 0 Å². The summed E-state index contributed by atoms with van der Waals surface area (Å²) in [7, 11) is 2.26. The Kier molecular flexibility index (Phi) is 7.58. The number of benzene rings is 1. The van der Waals surface area contributed by atoms with E-state index in [0.29, 0.717) is 6.10 Å². The third kappa shape index (κ3) is 6.16. The molecule has 0 atom stereocenters. The van der Waals surface area contributed by atoms with Crippen LogP contribution in [0.4, 0.5) is 0 Å². The molecule has 0 bridgehead atoms. The van der Waals surface area contributed by atoms with Crippen molar-refractivity contribution in [1.29, 1.82) is 0 Å². The molecule has 0 unspecified atom stereocenters. The molecule has 1 aromatic heterocycles. The fraction of sp³-hybridized carbons (Fsp3) is 0.615. The molecule has 0 amide bonds. The molecule has 29 heavy (non-hydrogen) atoms. The normalized spacial score (nSPS) is 19.5. The van der Waals surface area contributed by atoms with Gasteiger partial charge in [0.1, 0.15) is 0 Å². The smallest absolute Gasteiger partial charge is 0.0610 e. The number of hydrogen-bond donors (Lipinski definition) is 0. The van der Waals surface area contributed by atoms with Gasteiger partial charge in [0.2, 0.25) is 0 Å². The van der Waals surface area contributed by atoms with E-state index < -0.39 is 0 Å². The summed E-state index contributed by atoms with van der Waals surface area (Å²) in [6, 6.07) is 13.1. The molecule has 1 aliphatic rings. The van der Waals surface area contributed by atoms with E-state index >= 15 is 0 Å². The molecule has 3 rings (SSSR count). The van der Waals surface area contributed by atoms with E-state index in [1.165, 1.54) is 48.1 Å². The molecule has 1 aromatic carbocycles. The zero-order valence-corrected chi connectivity index (χ0v) is 19.9. The Hall–Kier alpha value is -1.16. The minimum atomic E-state index is 0.214. The number of nitrogens with zero attached hydrogens (tertiary/aromatic N) is 1. The van der Waals surface area contributed by atoms with Crippen LogP contribution in [0.3, 0.4) is 0 Å². The van der Waals surface area contributed by atoms with Gasteiger partial charge >= 0.3 is 0 Å². The van der Waals surface area contributed by atoms with Gasteiger partial charge in [0, 0.05) is 22.6 Å². The minimum Gasteiger partial charge on any atom is -0.378 e. The summed E-state index contributed by atoms with van der Waals surface area (Å²) in [5.74, 6) is 0. The van der Waals surface area contributed by atoms with Gasteiger partial charge in [-0.1, -0.05) is 43.2 Å². The summed E-state index contributed by atoms with van der Waals surface area (Å²) in [4.78, 5) is 4.03. The lowest BCUT2D eigenvalue weighted by Crippen LogP contribution is -2.60. The second-order valence-corrected chi connectivity index (χ2v) is 10.9. The molecule has 2 heterocycles. The predicted molar refractivity (Wildman–Crippen MR) is 127 cm³/mol. The van der Waals surface area contributed by atoms with Crippen LogP contribution >= 0.6 is 11.3 Å². The fourth-order valence-electron chi connectivity index (χ4n) is 4.70. The molecule has 0 spiro atoms. The Morgan fingerprint density at radius 3 is 2.28 bits per heavy atom. The molecule has 3 heteroatoms. The van der Waals surface area contributed by atoms with Gasteiger partial charge in [-0.25, -0.2) is 0 Å². The third-order valence-electron chi connectivity index (χ3n) is 6.70. The summed E-state index contributed by atoms with van der Waals surface area (Å²) < 4.78 is 6.30. The summed E-state index contributed by atoms with van der Waals surface area (Å²) in [5.41, 5.74) is 3.12. The molecule has 1 saturated heterocycles. The average molecular weight is 414 g/mol. The van der Waals surface area contributed by atoms with Gasteiger partial charge in [0.05, 0.1) is 6.10 Å². The van der Waals surface area contributed by atoms with Crippen molar-refractivity contribution >= 4 is 11.3 Å². The maximum atomic E-state index is 6.30. The van der Waals surface area contributed by atoms with E-state index in [9.17, 15) is 0 Å². The third-order valence-corrected chi connectivity index (χ3v) is 7.70. The molecule has 0 radical (unpaired) electrons. The lowest BCUT2D eigenvalue weighted by atomic mass is 9.79. The molecule has 1 fully saturated rings. The van der Waals surface area contributed by atoms with Crippen molar-refractivity contribution in [3.63, 3.8) is 0 Å². The van der Waals surface area contributed by atoms with Crippen LogP contribution in [-0.2, 0) is 11.2 Å². The summed E-state index contributed by atoms with van der Waals surface area (Å²) in [5, 5.41) is 2.29. The number of hydrogen-bond acceptors (Lipinski definition) is 3. The van der Waals surface area contributed by atoms with E-state index in [-0.39, 0.29) is 11.1 Å². The molecule has 1 aliphatic heterocycles. The molecule has 2 nitrogen and oxygen atoms in total. The zero-order valence-electron chi connectivity index (χ0n) is 19.0. The van der Waals surface area contributed by atoms with Crippen molar-refractivity contribution in [3.8, 4) is 11.1 Å². The van der Waals surface area contributed by atoms with Crippen LogP contribution in [0.2, 0.25) is 0 Å². The lowest BCUT2D eigenvalue weighted by molar-refractivity contribution is -0.0918. The van der Waals surface area contributed by atoms with Crippen LogP contribution in [0.5, 0.6) is 0 Å². The van der Waals surface area contributed by atoms with E-state index in [2.05, 4.69) is 81.4 Å². The number of likely N-dealkylation sites (tertiary alicyclic amines) is 1. The Morgan fingerprint density at radius 1 is 0.931 bits per heavy atom. The number of piperidine rings is 1. The van der Waals surface area contributed by atoms with E-state index in [4.69, 9.17) is 4.74 Å². The molecule has 0 saturated carbocycles. The van der Waals surface area contributed by atoms with Crippen LogP contribution in [0, 0.1) is 0 Å². The SMILES string of the molecule is CN1C(C)(C)CC(OCCCCCCc2cc(-c3ccccc3)cs2)CC1(C)C. The summed E-state index contributed by atoms with van der Waals surface area (Å²) in [6.07, 6.45) is 8.91. The van der Waals surface area contributed by atoms with E-state index in [1.807, 2.05) is 11.3 Å². The van der Waals surface area contributed by atoms with Gasteiger partial charge in [0.15, 0.2) is 0 Å². The number of thiophene rings is 1. The van der Waals surface area contributed by atoms with Crippen molar-refractivity contribution in [2.45, 2.75) is 89.8 Å². The Bertz CT molecular complexity index is 731. The maximum Gasteiger partial charge on any atom is 0.0610 e. The number of ether oxygens (including phenoxy) is 1. The Balaban J connectivity index is 1.31. The highest BCUT2D eigenvalue weighted by Crippen LogP contribution is 2.38. The van der Waals surface area contributed by atoms with Crippen LogP contribution in [0.25, 0.3) is 11.1 Å². The highest BCUT2D eigenvalue weighted by Gasteiger charge is 2.43. The quantitative estimate of drug-likeness (QED) is 0.403. The summed E-state index contributed by atoms with van der Waals surface area (Å²) in [6.45, 7) is 10.3. The second-order valence-electron chi connectivity index (χ2n) is 9.92. The molecule has 0 aliphatic carbocycles. The van der Waals surface area contributed by atoms with Crippen LogP contribution in [0.15, 0.2) is 41.8 Å². The predicted octanol–water partition coefficient (Wildman–Crippen LogP) is 7.19. The Labute approximate surface area is 182 Å². The van der Waals surface area contributed by atoms with Gasteiger partial charge in [0.25, 0.3) is 0 Å². The highest BCUT2D eigenvalue weighted by atomic mass is 32.1. The standard InChI is InChI=1S/C26H39NOS/c1-25(2)18-23(19-26(3,4)27(25)5)28-16-12-7-6-11-15-24-17-22(20-29-24)21-13-9-8-10-14-21/h8-10,13-14,17,20,23H,6-7,11-12,15-16,18-19H2,1-5H3. The van der Waals surface area contributed by atoms with Crippen molar-refractivity contribution in [3.05, 3.63) is 46.7 Å². The Morgan fingerprint density at radius 2 is 1.59 bits per heavy atom. The van der Waals surface area contributed by atoms with Gasteiger partial charge in [-0.2, -0.15) is 0 Å². The first-order valence-corrected chi connectivity index (χ1v) is 12.1. The van der Waals surface area contributed by atoms with E-state index in [1.54, 1.807) is 0 Å². The second kappa shape index (κ2) is 9.76. The first-order chi connectivity index (χ1) is 13.8. The summed E-state index contributed by atoms with van der Waals surface area (Å²) >= 11 is 1.90. The maximum absolute atomic E-state index is 6.30. The first-order valence-electron chi connectivity index (χ1n) is 11.3. The highest BCUT2D eigenvalue weighted by molar-refractivity contribution is 7.10. The number of aryl methyl sites for hydroxylation is 1. The number of unbranched alkanes of at least 4 members (excludes halogenated alkanes) is 3. The first kappa shape index (κ1) is 22.5. The molecular formula is C26H39NOS. The minimum absolute atomic E-state index is 0.214. The van der Waals surface area contributed by atoms with Crippen molar-refractivity contribution in [2.75, 3.05) is 13.7 Å². The van der Waals surface area contributed by atoms with Crippen molar-refractivity contribution < 1.29 is 4.74 Å². The van der Waals surface area contributed by atoms with Crippen LogP contribution in [0.1, 0.15) is 71.1 Å². The molecule has 0 N–H and O–H groups in total. The largest absolute Gasteiger partial charge is 0.378 e. The van der Waals surface area contributed by atoms with Gasteiger partial charge in [-0.3, -0.25) is 4.90 Å². The zero-order chi connectivity index (χ0) is 20.9. The van der Waals surface area contributed by atoms with Gasteiger partial charge in [-0.05, 0) is 89.4 Å². The molecule has 2 aromatic rings. The van der Waals surface area contributed by atoms with Crippen molar-refractivity contribution in [1.82, 2.24) is 4.90 Å². The van der Waals surface area contributed by atoms with Crippen LogP contribution in [-0.4, -0.2) is 35.7 Å². The topological polar surface area (TPSA) is 12.5 Å². The van der Waals surface area contributed by atoms with Gasteiger partial charge < -0.3 is 4.74 Å². The molecule has 160 valence electrons. The lowest BCUT2D eigenvalue weighted by Gasteiger charge is -2.53. The average Bonchev–Trinajstić information content (AvgIpc) is 3.14. The number of rotatable bonds is 9. The monoisotopic (exact) mass is 413 g/mol. The van der Waals surface area contributed by atoms with Gasteiger partial charge in [-0.15, -0.1) is 11.3 Å². The van der Waals surface area contributed by atoms with E-state index in [0.717, 1.165) is 19.4 Å².